The van der Waals surface area contributed by atoms with Crippen molar-refractivity contribution >= 4 is 54.2 Å². The van der Waals surface area contributed by atoms with Crippen molar-refractivity contribution in [3.8, 4) is 78.7 Å². The Bertz CT molecular complexity index is 3940. The molecule has 0 amide bonds. The summed E-state index contributed by atoms with van der Waals surface area (Å²) in [6.07, 6.45) is 0. The first kappa shape index (κ1) is 38.5. The van der Waals surface area contributed by atoms with E-state index in [1.807, 2.05) is 42.5 Å². The highest BCUT2D eigenvalue weighted by molar-refractivity contribution is 6.26. The van der Waals surface area contributed by atoms with Crippen molar-refractivity contribution in [1.82, 2.24) is 15.0 Å². The van der Waals surface area contributed by atoms with Gasteiger partial charge < -0.3 is 4.42 Å². The molecule has 13 aromatic rings. The average Bonchev–Trinajstić information content (AvgIpc) is 3.83. The standard InChI is InChI=1S/C63H39N3O/c1-4-18-40(19-5-1)56-39-57(66-63(65-56)42-22-8-3-9-23-42)45-26-16-24-43(36-45)44-25-17-27-47(37-44)61-58(59-53-32-14-15-33-55(53)64-60(62(59)67-61)41-20-6-2-7-21-41)46-34-35-52-50-30-11-10-28-48(50)49-29-12-13-31-51(49)54(52)38-46/h1-39H. The molecule has 0 bridgehead atoms. The predicted molar refractivity (Wildman–Crippen MR) is 278 cm³/mol. The maximum Gasteiger partial charge on any atom is 0.162 e. The zero-order chi connectivity index (χ0) is 44.3. The monoisotopic (exact) mass is 853 g/mol. The Balaban J connectivity index is 1.03. The molecule has 0 aliphatic carbocycles. The van der Waals surface area contributed by atoms with Crippen molar-refractivity contribution in [2.24, 2.45) is 0 Å². The molecule has 10 aromatic carbocycles. The van der Waals surface area contributed by atoms with Gasteiger partial charge >= 0.3 is 0 Å². The van der Waals surface area contributed by atoms with Gasteiger partial charge in [0.05, 0.1) is 16.9 Å². The molecule has 0 aliphatic rings. The molecule has 0 fully saturated rings. The maximum absolute atomic E-state index is 7.32. The molecule has 4 nitrogen and oxygen atoms in total. The first-order valence-electron chi connectivity index (χ1n) is 22.7. The third-order valence-corrected chi connectivity index (χ3v) is 13.1. The van der Waals surface area contributed by atoms with Crippen molar-refractivity contribution in [3.63, 3.8) is 0 Å². The van der Waals surface area contributed by atoms with Gasteiger partial charge in [0.1, 0.15) is 11.5 Å². The molecule has 67 heavy (non-hydrogen) atoms. The lowest BCUT2D eigenvalue weighted by atomic mass is 9.90. The van der Waals surface area contributed by atoms with E-state index in [2.05, 4.69) is 194 Å². The third kappa shape index (κ3) is 6.65. The van der Waals surface area contributed by atoms with E-state index in [4.69, 9.17) is 19.4 Å². The largest absolute Gasteiger partial charge is 0.453 e. The molecule has 0 N–H and O–H groups in total. The van der Waals surface area contributed by atoms with Gasteiger partial charge in [-0.2, -0.15) is 0 Å². The van der Waals surface area contributed by atoms with Gasteiger partial charge in [0.2, 0.25) is 0 Å². The second-order valence-corrected chi connectivity index (χ2v) is 17.1. The minimum absolute atomic E-state index is 0.688. The van der Waals surface area contributed by atoms with E-state index in [1.54, 1.807) is 0 Å². The minimum Gasteiger partial charge on any atom is -0.453 e. The van der Waals surface area contributed by atoms with Crippen LogP contribution >= 0.6 is 0 Å². The van der Waals surface area contributed by atoms with Crippen molar-refractivity contribution in [3.05, 3.63) is 237 Å². The number of hydrogen-bond acceptors (Lipinski definition) is 4. The van der Waals surface area contributed by atoms with Crippen LogP contribution in [-0.2, 0) is 0 Å². The Morgan fingerprint density at radius 3 is 1.42 bits per heavy atom. The fourth-order valence-corrected chi connectivity index (χ4v) is 9.91. The van der Waals surface area contributed by atoms with Crippen LogP contribution in [0.1, 0.15) is 0 Å². The summed E-state index contributed by atoms with van der Waals surface area (Å²) in [5.41, 5.74) is 13.5. The van der Waals surface area contributed by atoms with Gasteiger partial charge in [-0.25, -0.2) is 15.0 Å². The molecule has 0 unspecified atom stereocenters. The highest BCUT2D eigenvalue weighted by atomic mass is 16.3. The van der Waals surface area contributed by atoms with Crippen LogP contribution in [-0.4, -0.2) is 15.0 Å². The van der Waals surface area contributed by atoms with Crippen LogP contribution in [0.2, 0.25) is 0 Å². The molecule has 3 aromatic heterocycles. The predicted octanol–water partition coefficient (Wildman–Crippen LogP) is 16.9. The van der Waals surface area contributed by atoms with E-state index in [1.165, 1.54) is 32.3 Å². The molecule has 0 saturated carbocycles. The van der Waals surface area contributed by atoms with Crippen molar-refractivity contribution in [2.75, 3.05) is 0 Å². The number of rotatable bonds is 7. The Hall–Kier alpha value is -8.99. The van der Waals surface area contributed by atoms with Gasteiger partial charge in [0.25, 0.3) is 0 Å². The summed E-state index contributed by atoms with van der Waals surface area (Å²) < 4.78 is 7.32. The van der Waals surface area contributed by atoms with Crippen LogP contribution < -0.4 is 0 Å². The fourth-order valence-electron chi connectivity index (χ4n) is 9.91. The Labute approximate surface area is 387 Å². The molecule has 0 saturated heterocycles. The maximum atomic E-state index is 7.32. The second kappa shape index (κ2) is 15.9. The zero-order valence-corrected chi connectivity index (χ0v) is 36.3. The number of hydrogen-bond donors (Lipinski definition) is 0. The SMILES string of the molecule is c1ccc(-c2cc(-c3cccc(-c4cccc(-c5oc6c(-c7ccccc7)nc7ccccc7c6c5-c5ccc6c7ccccc7c7ccccc7c6c5)c4)c3)nc(-c3ccccc3)n2)cc1. The summed E-state index contributed by atoms with van der Waals surface area (Å²) >= 11 is 0. The van der Waals surface area contributed by atoms with Gasteiger partial charge in [-0.05, 0) is 79.3 Å². The topological polar surface area (TPSA) is 51.8 Å². The molecule has 0 atom stereocenters. The molecular weight excluding hydrogens is 815 g/mol. The van der Waals surface area contributed by atoms with Gasteiger partial charge in [-0.3, -0.25) is 0 Å². The Morgan fingerprint density at radius 2 is 0.761 bits per heavy atom. The van der Waals surface area contributed by atoms with E-state index in [0.717, 1.165) is 94.8 Å². The number of nitrogens with zero attached hydrogens (tertiary/aromatic N) is 3. The lowest BCUT2D eigenvalue weighted by Gasteiger charge is -2.13. The minimum atomic E-state index is 0.688. The quantitative estimate of drug-likeness (QED) is 0.150. The zero-order valence-electron chi connectivity index (χ0n) is 36.3. The Kier molecular flexibility index (Phi) is 9.14. The summed E-state index contributed by atoms with van der Waals surface area (Å²) in [5, 5.41) is 9.48. The van der Waals surface area contributed by atoms with Crippen molar-refractivity contribution in [1.29, 1.82) is 0 Å². The van der Waals surface area contributed by atoms with E-state index in [-0.39, 0.29) is 0 Å². The van der Waals surface area contributed by atoms with Gasteiger partial charge in [-0.1, -0.05) is 206 Å². The molecule has 312 valence electrons. The van der Waals surface area contributed by atoms with Gasteiger partial charge in [0.15, 0.2) is 11.4 Å². The third-order valence-electron chi connectivity index (χ3n) is 13.1. The summed E-state index contributed by atoms with van der Waals surface area (Å²) in [7, 11) is 0. The molecule has 0 radical (unpaired) electrons. The first-order valence-corrected chi connectivity index (χ1v) is 22.7. The van der Waals surface area contributed by atoms with Gasteiger partial charge in [-0.15, -0.1) is 0 Å². The van der Waals surface area contributed by atoms with E-state index < -0.39 is 0 Å². The molecule has 0 spiro atoms. The van der Waals surface area contributed by atoms with Crippen LogP contribution in [0.3, 0.4) is 0 Å². The number of aromatic nitrogens is 3. The highest BCUT2D eigenvalue weighted by Crippen LogP contribution is 2.48. The van der Waals surface area contributed by atoms with Crippen molar-refractivity contribution in [2.45, 2.75) is 0 Å². The van der Waals surface area contributed by atoms with Crippen LogP contribution in [0.15, 0.2) is 241 Å². The lowest BCUT2D eigenvalue weighted by Crippen LogP contribution is -1.96. The van der Waals surface area contributed by atoms with E-state index in [0.29, 0.717) is 5.82 Å². The average molecular weight is 854 g/mol. The first-order chi connectivity index (χ1) is 33.2. The second-order valence-electron chi connectivity index (χ2n) is 17.1. The molecule has 4 heteroatoms. The molecular formula is C63H39N3O. The molecule has 0 aliphatic heterocycles. The lowest BCUT2D eigenvalue weighted by molar-refractivity contribution is 0.632. The summed E-state index contributed by atoms with van der Waals surface area (Å²) in [6.45, 7) is 0. The van der Waals surface area contributed by atoms with Crippen LogP contribution in [0.5, 0.6) is 0 Å². The van der Waals surface area contributed by atoms with Crippen LogP contribution in [0, 0.1) is 0 Å². The normalized spacial score (nSPS) is 11.6. The fraction of sp³-hybridized carbons (Fsp3) is 0. The van der Waals surface area contributed by atoms with Crippen LogP contribution in [0.4, 0.5) is 0 Å². The number of furan rings is 1. The van der Waals surface area contributed by atoms with Gasteiger partial charge in [0, 0.05) is 44.2 Å². The molecule has 13 rings (SSSR count). The Morgan fingerprint density at radius 1 is 0.284 bits per heavy atom. The number of fused-ring (bicyclic) bond motifs is 9. The molecule has 3 heterocycles. The number of para-hydroxylation sites is 1. The summed E-state index contributed by atoms with van der Waals surface area (Å²) in [4.78, 5) is 15.5. The van der Waals surface area contributed by atoms with E-state index >= 15 is 0 Å². The van der Waals surface area contributed by atoms with Crippen LogP contribution in [0.25, 0.3) is 133 Å². The smallest absolute Gasteiger partial charge is 0.162 e. The van der Waals surface area contributed by atoms with E-state index in [9.17, 15) is 0 Å². The van der Waals surface area contributed by atoms with Crippen molar-refractivity contribution < 1.29 is 4.42 Å². The summed E-state index contributed by atoms with van der Waals surface area (Å²) in [6, 6.07) is 83.3. The summed E-state index contributed by atoms with van der Waals surface area (Å²) in [5.74, 6) is 1.48. The number of benzene rings is 10. The highest BCUT2D eigenvalue weighted by Gasteiger charge is 2.25. The number of pyridine rings is 1.